The van der Waals surface area contributed by atoms with Crippen LogP contribution in [0.3, 0.4) is 0 Å². The highest BCUT2D eigenvalue weighted by atomic mass is 32.2. The molecule has 0 aromatic carbocycles. The monoisotopic (exact) mass is 279 g/mol. The topological polar surface area (TPSA) is 91.1 Å². The number of nitrogens with zero attached hydrogens (tertiary/aromatic N) is 3. The van der Waals surface area contributed by atoms with Crippen LogP contribution in [0, 0.1) is 11.3 Å². The minimum atomic E-state index is -3.02. The van der Waals surface area contributed by atoms with Gasteiger partial charge >= 0.3 is 0 Å². The fraction of sp³-hybridized carbons (Fsp3) is 0.417. The van der Waals surface area contributed by atoms with E-state index in [-0.39, 0.29) is 29.1 Å². The van der Waals surface area contributed by atoms with E-state index >= 15 is 0 Å². The third-order valence-electron chi connectivity index (χ3n) is 3.19. The molecule has 1 atom stereocenters. The Morgan fingerprint density at radius 1 is 1.53 bits per heavy atom. The predicted molar refractivity (Wildman–Crippen MR) is 68.1 cm³/mol. The molecule has 1 fully saturated rings. The smallest absolute Gasteiger partial charge is 0.272 e. The molecule has 1 aliphatic rings. The van der Waals surface area contributed by atoms with Crippen molar-refractivity contribution in [3.8, 4) is 6.07 Å². The largest absolute Gasteiger partial charge is 0.336 e. The number of rotatable bonds is 2. The Balaban J connectivity index is 2.13. The summed E-state index contributed by atoms with van der Waals surface area (Å²) in [5, 5.41) is 8.65. The first-order valence-corrected chi connectivity index (χ1v) is 7.59. The Hall–Kier alpha value is -1.94. The Morgan fingerprint density at radius 2 is 2.26 bits per heavy atom. The highest BCUT2D eigenvalue weighted by molar-refractivity contribution is 7.91. The van der Waals surface area contributed by atoms with Gasteiger partial charge in [0.25, 0.3) is 5.91 Å². The molecule has 100 valence electrons. The lowest BCUT2D eigenvalue weighted by Crippen LogP contribution is -2.38. The molecule has 1 amide bonds. The van der Waals surface area contributed by atoms with E-state index in [1.807, 2.05) is 6.07 Å². The molecule has 1 aromatic rings. The molecule has 0 N–H and O–H groups in total. The van der Waals surface area contributed by atoms with E-state index in [0.29, 0.717) is 12.0 Å². The number of nitriles is 1. The zero-order valence-corrected chi connectivity index (χ0v) is 11.2. The number of sulfone groups is 1. The van der Waals surface area contributed by atoms with E-state index in [1.54, 1.807) is 7.05 Å². The second kappa shape index (κ2) is 4.97. The summed E-state index contributed by atoms with van der Waals surface area (Å²) in [6, 6.07) is 4.61. The van der Waals surface area contributed by atoms with E-state index in [1.165, 1.54) is 23.2 Å². The van der Waals surface area contributed by atoms with Crippen molar-refractivity contribution in [2.45, 2.75) is 12.5 Å². The van der Waals surface area contributed by atoms with Crippen molar-refractivity contribution in [1.29, 1.82) is 5.26 Å². The summed E-state index contributed by atoms with van der Waals surface area (Å²) < 4.78 is 22.8. The summed E-state index contributed by atoms with van der Waals surface area (Å²) in [5.74, 6) is -0.201. The summed E-state index contributed by atoms with van der Waals surface area (Å²) in [7, 11) is -1.45. The maximum absolute atomic E-state index is 12.1. The predicted octanol–water partition coefficient (Wildman–Crippen LogP) is 0.212. The second-order valence-electron chi connectivity index (χ2n) is 4.52. The molecule has 1 aromatic heterocycles. The average Bonchev–Trinajstić information content (AvgIpc) is 2.77. The second-order valence-corrected chi connectivity index (χ2v) is 6.75. The molecule has 1 unspecified atom stereocenters. The fourth-order valence-electron chi connectivity index (χ4n) is 2.01. The number of pyridine rings is 1. The number of aromatic nitrogens is 1. The highest BCUT2D eigenvalue weighted by Crippen LogP contribution is 2.18. The fourth-order valence-corrected chi connectivity index (χ4v) is 3.79. The minimum absolute atomic E-state index is 0.00548. The van der Waals surface area contributed by atoms with Crippen LogP contribution in [0.1, 0.15) is 22.5 Å². The molecule has 2 heterocycles. The highest BCUT2D eigenvalue weighted by Gasteiger charge is 2.33. The summed E-state index contributed by atoms with van der Waals surface area (Å²) in [5.41, 5.74) is 0.591. The molecule has 0 aliphatic carbocycles. The van der Waals surface area contributed by atoms with Crippen LogP contribution in [0.4, 0.5) is 0 Å². The van der Waals surface area contributed by atoms with Gasteiger partial charge in [-0.15, -0.1) is 0 Å². The summed E-state index contributed by atoms with van der Waals surface area (Å²) in [6.07, 6.45) is 1.79. The van der Waals surface area contributed by atoms with Gasteiger partial charge in [-0.1, -0.05) is 0 Å². The van der Waals surface area contributed by atoms with E-state index in [2.05, 4.69) is 4.98 Å². The lowest BCUT2D eigenvalue weighted by molar-refractivity contribution is 0.0742. The van der Waals surface area contributed by atoms with Crippen LogP contribution in [0.25, 0.3) is 0 Å². The molecule has 19 heavy (non-hydrogen) atoms. The van der Waals surface area contributed by atoms with Crippen LogP contribution in [0.5, 0.6) is 0 Å². The molecular weight excluding hydrogens is 266 g/mol. The Labute approximate surface area is 111 Å². The third kappa shape index (κ3) is 2.90. The molecular formula is C12H13N3O3S. The minimum Gasteiger partial charge on any atom is -0.336 e. The van der Waals surface area contributed by atoms with Gasteiger partial charge in [-0.25, -0.2) is 13.4 Å². The summed E-state index contributed by atoms with van der Waals surface area (Å²) in [6.45, 7) is 0. The molecule has 0 bridgehead atoms. The number of carbonyl (C=O) groups excluding carboxylic acids is 1. The molecule has 1 saturated heterocycles. The van der Waals surface area contributed by atoms with Crippen molar-refractivity contribution in [2.24, 2.45) is 0 Å². The number of hydrogen-bond acceptors (Lipinski definition) is 5. The van der Waals surface area contributed by atoms with Gasteiger partial charge in [0.2, 0.25) is 0 Å². The van der Waals surface area contributed by atoms with Crippen LogP contribution >= 0.6 is 0 Å². The van der Waals surface area contributed by atoms with Crippen LogP contribution in [-0.4, -0.2) is 48.8 Å². The SMILES string of the molecule is CN(C(=O)c1ccc(C#N)cn1)C1CCS(=O)(=O)C1. The van der Waals surface area contributed by atoms with Crippen molar-refractivity contribution < 1.29 is 13.2 Å². The summed E-state index contributed by atoms with van der Waals surface area (Å²) in [4.78, 5) is 17.5. The van der Waals surface area contributed by atoms with Crippen LogP contribution in [-0.2, 0) is 9.84 Å². The first-order chi connectivity index (χ1) is 8.93. The Kier molecular flexibility index (Phi) is 3.53. The van der Waals surface area contributed by atoms with E-state index in [9.17, 15) is 13.2 Å². The maximum atomic E-state index is 12.1. The van der Waals surface area contributed by atoms with Gasteiger partial charge < -0.3 is 4.90 Å². The lowest BCUT2D eigenvalue weighted by Gasteiger charge is -2.22. The van der Waals surface area contributed by atoms with Gasteiger partial charge in [0, 0.05) is 19.3 Å². The average molecular weight is 279 g/mol. The van der Waals surface area contributed by atoms with E-state index < -0.39 is 9.84 Å². The molecule has 7 heteroatoms. The van der Waals surface area contributed by atoms with Gasteiger partial charge in [0.1, 0.15) is 11.8 Å². The molecule has 6 nitrogen and oxygen atoms in total. The van der Waals surface area contributed by atoms with Gasteiger partial charge in [0.05, 0.1) is 17.1 Å². The number of amides is 1. The van der Waals surface area contributed by atoms with Crippen molar-refractivity contribution in [2.75, 3.05) is 18.6 Å². The van der Waals surface area contributed by atoms with Crippen molar-refractivity contribution in [1.82, 2.24) is 9.88 Å². The van der Waals surface area contributed by atoms with Crippen molar-refractivity contribution in [3.63, 3.8) is 0 Å². The first-order valence-electron chi connectivity index (χ1n) is 5.77. The molecule has 0 saturated carbocycles. The number of carbonyl (C=O) groups is 1. The van der Waals surface area contributed by atoms with Crippen LogP contribution in [0.15, 0.2) is 18.3 Å². The van der Waals surface area contributed by atoms with Gasteiger partial charge in [-0.2, -0.15) is 5.26 Å². The maximum Gasteiger partial charge on any atom is 0.272 e. The molecule has 0 spiro atoms. The van der Waals surface area contributed by atoms with Gasteiger partial charge in [-0.3, -0.25) is 4.79 Å². The molecule has 0 radical (unpaired) electrons. The van der Waals surface area contributed by atoms with Crippen LogP contribution < -0.4 is 0 Å². The molecule has 1 aliphatic heterocycles. The Morgan fingerprint density at radius 3 is 2.74 bits per heavy atom. The Bertz CT molecular complexity index is 631. The zero-order valence-electron chi connectivity index (χ0n) is 10.4. The first kappa shape index (κ1) is 13.5. The quantitative estimate of drug-likeness (QED) is 0.772. The van der Waals surface area contributed by atoms with Crippen LogP contribution in [0.2, 0.25) is 0 Å². The van der Waals surface area contributed by atoms with E-state index in [0.717, 1.165) is 0 Å². The molecule has 2 rings (SSSR count). The van der Waals surface area contributed by atoms with E-state index in [4.69, 9.17) is 5.26 Å². The summed E-state index contributed by atoms with van der Waals surface area (Å²) >= 11 is 0. The van der Waals surface area contributed by atoms with Gasteiger partial charge in [0.15, 0.2) is 9.84 Å². The van der Waals surface area contributed by atoms with Crippen molar-refractivity contribution >= 4 is 15.7 Å². The third-order valence-corrected chi connectivity index (χ3v) is 4.94. The number of hydrogen-bond donors (Lipinski definition) is 0. The lowest BCUT2D eigenvalue weighted by atomic mass is 10.2. The normalized spacial score (nSPS) is 20.7. The van der Waals surface area contributed by atoms with Crippen molar-refractivity contribution in [3.05, 3.63) is 29.6 Å². The van der Waals surface area contributed by atoms with Gasteiger partial charge in [-0.05, 0) is 18.6 Å². The zero-order chi connectivity index (χ0) is 14.0. The standard InChI is InChI=1S/C12H13N3O3S/c1-15(10-4-5-19(17,18)8-10)12(16)11-3-2-9(6-13)7-14-11/h2-3,7,10H,4-5,8H2,1H3.